The quantitative estimate of drug-likeness (QED) is 0.631. The van der Waals surface area contributed by atoms with Gasteiger partial charge >= 0.3 is 0 Å². The van der Waals surface area contributed by atoms with Gasteiger partial charge < -0.3 is 10.2 Å². The molecule has 0 radical (unpaired) electrons. The second kappa shape index (κ2) is 7.84. The Bertz CT molecular complexity index is 1030. The van der Waals surface area contributed by atoms with E-state index in [1.54, 1.807) is 29.4 Å². The summed E-state index contributed by atoms with van der Waals surface area (Å²) in [6.07, 6.45) is 0. The van der Waals surface area contributed by atoms with Crippen LogP contribution in [0.4, 0.5) is 5.69 Å². The molecule has 2 amide bonds. The van der Waals surface area contributed by atoms with Crippen LogP contribution < -0.4 is 5.32 Å². The molecule has 3 aromatic rings. The van der Waals surface area contributed by atoms with Crippen molar-refractivity contribution in [1.29, 1.82) is 0 Å². The Morgan fingerprint density at radius 1 is 1.03 bits per heavy atom. The van der Waals surface area contributed by atoms with Crippen LogP contribution in [-0.2, 0) is 4.79 Å². The smallest absolute Gasteiger partial charge is 0.254 e. The summed E-state index contributed by atoms with van der Waals surface area (Å²) < 4.78 is 0. The summed E-state index contributed by atoms with van der Waals surface area (Å²) in [5, 5.41) is 5.05. The maximum absolute atomic E-state index is 13.5. The summed E-state index contributed by atoms with van der Waals surface area (Å²) in [4.78, 5) is 29.1. The largest absolute Gasteiger partial charge is 0.333 e. The van der Waals surface area contributed by atoms with Gasteiger partial charge in [-0.05, 0) is 46.7 Å². The Morgan fingerprint density at radius 2 is 1.76 bits per heavy atom. The van der Waals surface area contributed by atoms with Crippen LogP contribution in [0.25, 0.3) is 0 Å². The average molecular weight is 405 g/mol. The van der Waals surface area contributed by atoms with Crippen molar-refractivity contribution in [2.75, 3.05) is 12.4 Å². The van der Waals surface area contributed by atoms with Crippen molar-refractivity contribution in [3.63, 3.8) is 0 Å². The summed E-state index contributed by atoms with van der Waals surface area (Å²) in [7, 11) is 1.78. The number of hydrogen-bond acceptors (Lipinski definition) is 3. The minimum absolute atomic E-state index is 0.0515. The van der Waals surface area contributed by atoms with Crippen LogP contribution in [0.1, 0.15) is 58.1 Å². The summed E-state index contributed by atoms with van der Waals surface area (Å²) in [5.74, 6) is -0.193. The molecule has 4 nitrogen and oxygen atoms in total. The first kappa shape index (κ1) is 19.4. The zero-order chi connectivity index (χ0) is 20.5. The van der Waals surface area contributed by atoms with Gasteiger partial charge in [-0.3, -0.25) is 9.59 Å². The van der Waals surface area contributed by atoms with E-state index in [1.165, 1.54) is 5.56 Å². The second-order valence-corrected chi connectivity index (χ2v) is 8.69. The Hall–Kier alpha value is -2.92. The molecule has 1 N–H and O–H groups in total. The van der Waals surface area contributed by atoms with E-state index in [9.17, 15) is 9.59 Å². The SMILES string of the molecule is CC(C)c1ccc(NC(=O)C2c3ccccc3C(=O)N(C)C2c2cccs2)cc1. The van der Waals surface area contributed by atoms with Crippen LogP contribution in [0.15, 0.2) is 66.0 Å². The molecule has 148 valence electrons. The van der Waals surface area contributed by atoms with Gasteiger partial charge in [-0.2, -0.15) is 0 Å². The van der Waals surface area contributed by atoms with Crippen LogP contribution in [0, 0.1) is 0 Å². The number of carbonyl (C=O) groups is 2. The lowest BCUT2D eigenvalue weighted by Gasteiger charge is -2.39. The minimum atomic E-state index is -0.475. The first-order valence-electron chi connectivity index (χ1n) is 9.77. The van der Waals surface area contributed by atoms with Crippen molar-refractivity contribution in [3.8, 4) is 0 Å². The van der Waals surface area contributed by atoms with Gasteiger partial charge in [0.2, 0.25) is 5.91 Å². The predicted octanol–water partition coefficient (Wildman–Crippen LogP) is 5.42. The molecule has 0 fully saturated rings. The molecular weight excluding hydrogens is 380 g/mol. The Kier molecular flexibility index (Phi) is 5.24. The van der Waals surface area contributed by atoms with E-state index < -0.39 is 5.92 Å². The zero-order valence-electron chi connectivity index (χ0n) is 16.8. The molecule has 2 aromatic carbocycles. The van der Waals surface area contributed by atoms with Crippen molar-refractivity contribution in [1.82, 2.24) is 4.90 Å². The highest BCUT2D eigenvalue weighted by atomic mass is 32.1. The van der Waals surface area contributed by atoms with E-state index in [2.05, 4.69) is 19.2 Å². The van der Waals surface area contributed by atoms with E-state index in [1.807, 2.05) is 60.0 Å². The van der Waals surface area contributed by atoms with Crippen LogP contribution in [0.3, 0.4) is 0 Å². The topological polar surface area (TPSA) is 49.4 Å². The number of amides is 2. The van der Waals surface area contributed by atoms with E-state index in [0.717, 1.165) is 16.1 Å². The molecule has 29 heavy (non-hydrogen) atoms. The molecule has 2 unspecified atom stereocenters. The molecule has 2 heterocycles. The number of hydrogen-bond donors (Lipinski definition) is 1. The molecule has 1 aromatic heterocycles. The highest BCUT2D eigenvalue weighted by Gasteiger charge is 2.43. The number of benzene rings is 2. The Labute approximate surface area is 175 Å². The van der Waals surface area contributed by atoms with Gasteiger partial charge in [0.1, 0.15) is 0 Å². The van der Waals surface area contributed by atoms with Crippen molar-refractivity contribution in [2.45, 2.75) is 31.7 Å². The van der Waals surface area contributed by atoms with Gasteiger partial charge in [0.15, 0.2) is 0 Å². The van der Waals surface area contributed by atoms with Crippen molar-refractivity contribution in [2.24, 2.45) is 0 Å². The van der Waals surface area contributed by atoms with E-state index >= 15 is 0 Å². The fourth-order valence-corrected chi connectivity index (χ4v) is 4.85. The van der Waals surface area contributed by atoms with Gasteiger partial charge in [-0.1, -0.05) is 50.2 Å². The number of likely N-dealkylation sites (N-methyl/N-ethyl adjacent to an activating group) is 1. The second-order valence-electron chi connectivity index (χ2n) is 7.71. The molecule has 5 heteroatoms. The van der Waals surface area contributed by atoms with Crippen molar-refractivity contribution < 1.29 is 9.59 Å². The lowest BCUT2D eigenvalue weighted by molar-refractivity contribution is -0.119. The fraction of sp³-hybridized carbons (Fsp3) is 0.250. The van der Waals surface area contributed by atoms with Crippen LogP contribution in [0.5, 0.6) is 0 Å². The standard InChI is InChI=1S/C24H24N2O2S/c1-15(2)16-10-12-17(13-11-16)25-23(27)21-18-7-4-5-8-19(18)24(28)26(3)22(21)20-9-6-14-29-20/h4-15,21-22H,1-3H3,(H,25,27). The van der Waals surface area contributed by atoms with Crippen molar-refractivity contribution in [3.05, 3.63) is 87.6 Å². The molecule has 1 aliphatic heterocycles. The number of nitrogens with one attached hydrogen (secondary N) is 1. The van der Waals surface area contributed by atoms with Crippen molar-refractivity contribution >= 4 is 28.8 Å². The fourth-order valence-electron chi connectivity index (χ4n) is 3.94. The summed E-state index contributed by atoms with van der Waals surface area (Å²) in [6, 6.07) is 19.0. The average Bonchev–Trinajstić information content (AvgIpc) is 3.25. The molecule has 2 atom stereocenters. The van der Waals surface area contributed by atoms with Gasteiger partial charge in [-0.15, -0.1) is 11.3 Å². The molecule has 0 aliphatic carbocycles. The highest BCUT2D eigenvalue weighted by Crippen LogP contribution is 2.43. The third kappa shape index (κ3) is 3.58. The number of nitrogens with zero attached hydrogens (tertiary/aromatic N) is 1. The summed E-state index contributed by atoms with van der Waals surface area (Å²) in [5.41, 5.74) is 3.37. The molecule has 0 bridgehead atoms. The van der Waals surface area contributed by atoms with Gasteiger partial charge in [0.25, 0.3) is 5.91 Å². The minimum Gasteiger partial charge on any atom is -0.333 e. The first-order chi connectivity index (χ1) is 14.0. The summed E-state index contributed by atoms with van der Waals surface area (Å²) in [6.45, 7) is 4.29. The number of anilines is 1. The van der Waals surface area contributed by atoms with E-state index in [4.69, 9.17) is 0 Å². The third-order valence-electron chi connectivity index (χ3n) is 5.54. The summed E-state index contributed by atoms with van der Waals surface area (Å²) >= 11 is 1.57. The van der Waals surface area contributed by atoms with Crippen LogP contribution >= 0.6 is 11.3 Å². The van der Waals surface area contributed by atoms with Gasteiger partial charge in [-0.25, -0.2) is 0 Å². The van der Waals surface area contributed by atoms with Crippen LogP contribution in [-0.4, -0.2) is 23.8 Å². The van der Waals surface area contributed by atoms with Gasteiger partial charge in [0, 0.05) is 23.2 Å². The zero-order valence-corrected chi connectivity index (χ0v) is 17.6. The van der Waals surface area contributed by atoms with E-state index in [0.29, 0.717) is 11.5 Å². The van der Waals surface area contributed by atoms with E-state index in [-0.39, 0.29) is 17.9 Å². The predicted molar refractivity (Wildman–Crippen MR) is 117 cm³/mol. The number of fused-ring (bicyclic) bond motifs is 1. The third-order valence-corrected chi connectivity index (χ3v) is 6.48. The lowest BCUT2D eigenvalue weighted by Crippen LogP contribution is -2.43. The first-order valence-corrected chi connectivity index (χ1v) is 10.7. The normalized spacial score (nSPS) is 18.6. The number of carbonyl (C=O) groups excluding carboxylic acids is 2. The molecule has 1 aliphatic rings. The lowest BCUT2D eigenvalue weighted by atomic mass is 9.81. The molecule has 0 saturated carbocycles. The maximum atomic E-state index is 13.5. The van der Waals surface area contributed by atoms with Crippen LogP contribution in [0.2, 0.25) is 0 Å². The maximum Gasteiger partial charge on any atom is 0.254 e. The number of thiophene rings is 1. The van der Waals surface area contributed by atoms with Gasteiger partial charge in [0.05, 0.1) is 12.0 Å². The molecule has 0 spiro atoms. The molecule has 0 saturated heterocycles. The monoisotopic (exact) mass is 404 g/mol. The molecule has 4 rings (SSSR count). The molecular formula is C24H24N2O2S. The highest BCUT2D eigenvalue weighted by molar-refractivity contribution is 7.10. The Balaban J connectivity index is 1.72. The Morgan fingerprint density at radius 3 is 2.41 bits per heavy atom. The number of rotatable bonds is 4.